The Labute approximate surface area is 342 Å². The second kappa shape index (κ2) is 18.9. The van der Waals surface area contributed by atoms with Gasteiger partial charge in [0.05, 0.1) is 22.8 Å². The third-order valence-electron chi connectivity index (χ3n) is 9.51. The molecule has 0 atom stereocenters. The predicted octanol–water partition coefficient (Wildman–Crippen LogP) is 13.8. The summed E-state index contributed by atoms with van der Waals surface area (Å²) in [6.45, 7) is 12.7. The van der Waals surface area contributed by atoms with Crippen LogP contribution >= 0.6 is 11.6 Å². The van der Waals surface area contributed by atoms with E-state index in [4.69, 9.17) is 17.3 Å². The lowest BCUT2D eigenvalue weighted by Crippen LogP contribution is -2.13. The number of hydrogen-bond donors (Lipinski definition) is 1. The Morgan fingerprint density at radius 3 is 1.19 bits per heavy atom. The molecule has 0 aliphatic rings. The SMILES string of the molecule is Cc1cc(C)c(N(c2cccc(-c3ccccn3)c2)c2cccc(-c3ccccn3)c2)c(C)c1.Cc1cc(C)c(N)c(C)c1.Clc1cccc(-c2ccccn2)c1. The lowest BCUT2D eigenvalue weighted by atomic mass is 10.0. The Morgan fingerprint density at radius 2 is 0.807 bits per heavy atom. The van der Waals surface area contributed by atoms with Crippen molar-refractivity contribution in [3.05, 3.63) is 209 Å². The van der Waals surface area contributed by atoms with E-state index in [2.05, 4.69) is 120 Å². The fourth-order valence-corrected chi connectivity index (χ4v) is 7.17. The maximum atomic E-state index is 5.87. The van der Waals surface area contributed by atoms with E-state index in [9.17, 15) is 0 Å². The molecular weight excluding hydrogens is 718 g/mol. The molecule has 0 saturated heterocycles. The van der Waals surface area contributed by atoms with Crippen LogP contribution in [0, 0.1) is 41.5 Å². The number of nitrogen functional groups attached to an aromatic ring is 1. The highest BCUT2D eigenvalue weighted by Crippen LogP contribution is 2.41. The van der Waals surface area contributed by atoms with Gasteiger partial charge in [0.1, 0.15) is 0 Å². The van der Waals surface area contributed by atoms with Crippen LogP contribution in [0.3, 0.4) is 0 Å². The van der Waals surface area contributed by atoms with Gasteiger partial charge >= 0.3 is 0 Å². The van der Waals surface area contributed by atoms with Crippen LogP contribution in [0.5, 0.6) is 0 Å². The molecule has 0 fully saturated rings. The third-order valence-corrected chi connectivity index (χ3v) is 9.75. The molecule has 2 N–H and O–H groups in total. The van der Waals surface area contributed by atoms with Crippen LogP contribution in [0.1, 0.15) is 33.4 Å². The van der Waals surface area contributed by atoms with Gasteiger partial charge in [-0.3, -0.25) is 15.0 Å². The number of halogens is 1. The normalized spacial score (nSPS) is 10.4. The number of benzene rings is 5. The first-order valence-corrected chi connectivity index (χ1v) is 19.4. The van der Waals surface area contributed by atoms with E-state index in [1.54, 1.807) is 6.20 Å². The molecule has 8 aromatic rings. The molecule has 6 heteroatoms. The van der Waals surface area contributed by atoms with Crippen LogP contribution in [0.4, 0.5) is 22.7 Å². The lowest BCUT2D eigenvalue weighted by molar-refractivity contribution is 1.20. The minimum Gasteiger partial charge on any atom is -0.398 e. The zero-order valence-electron chi connectivity index (χ0n) is 33.4. The molecule has 3 aromatic heterocycles. The summed E-state index contributed by atoms with van der Waals surface area (Å²) in [5.74, 6) is 0. The molecule has 0 unspecified atom stereocenters. The fourth-order valence-electron chi connectivity index (χ4n) is 6.98. The predicted molar refractivity (Wildman–Crippen MR) is 242 cm³/mol. The minimum absolute atomic E-state index is 0.739. The molecule has 0 radical (unpaired) electrons. The van der Waals surface area contributed by atoms with Gasteiger partial charge < -0.3 is 10.6 Å². The molecule has 0 aliphatic carbocycles. The molecule has 8 rings (SSSR count). The summed E-state index contributed by atoms with van der Waals surface area (Å²) in [7, 11) is 0. The zero-order valence-corrected chi connectivity index (χ0v) is 34.2. The van der Waals surface area contributed by atoms with Gasteiger partial charge in [-0.05, 0) is 137 Å². The van der Waals surface area contributed by atoms with Gasteiger partial charge in [0.15, 0.2) is 0 Å². The van der Waals surface area contributed by atoms with Gasteiger partial charge in [-0.15, -0.1) is 0 Å². The summed E-state index contributed by atoms with van der Waals surface area (Å²) in [5.41, 5.74) is 23.5. The second-order valence-electron chi connectivity index (χ2n) is 14.2. The average Bonchev–Trinajstić information content (AvgIpc) is 3.23. The van der Waals surface area contributed by atoms with Gasteiger partial charge in [0, 0.05) is 57.4 Å². The van der Waals surface area contributed by atoms with E-state index < -0.39 is 0 Å². The summed E-state index contributed by atoms with van der Waals surface area (Å²) in [5, 5.41) is 0.739. The van der Waals surface area contributed by atoms with Crippen molar-refractivity contribution in [2.45, 2.75) is 41.5 Å². The molecule has 57 heavy (non-hydrogen) atoms. The number of rotatable bonds is 6. The highest BCUT2D eigenvalue weighted by Gasteiger charge is 2.19. The molecule has 0 aliphatic heterocycles. The Kier molecular flexibility index (Phi) is 13.3. The van der Waals surface area contributed by atoms with Crippen molar-refractivity contribution in [3.8, 4) is 33.8 Å². The number of nitrogens with zero attached hydrogens (tertiary/aromatic N) is 4. The summed E-state index contributed by atoms with van der Waals surface area (Å²) in [6, 6.07) is 51.4. The summed E-state index contributed by atoms with van der Waals surface area (Å²) in [4.78, 5) is 15.7. The van der Waals surface area contributed by atoms with Gasteiger partial charge in [-0.25, -0.2) is 0 Å². The van der Waals surface area contributed by atoms with Crippen LogP contribution in [0.25, 0.3) is 33.8 Å². The highest BCUT2D eigenvalue weighted by atomic mass is 35.5. The van der Waals surface area contributed by atoms with E-state index in [1.165, 1.54) is 39.1 Å². The first-order chi connectivity index (χ1) is 27.6. The first-order valence-electron chi connectivity index (χ1n) is 19.0. The van der Waals surface area contributed by atoms with E-state index in [-0.39, 0.29) is 0 Å². The van der Waals surface area contributed by atoms with Crippen molar-refractivity contribution in [3.63, 3.8) is 0 Å². The molecule has 5 nitrogen and oxygen atoms in total. The summed E-state index contributed by atoms with van der Waals surface area (Å²) < 4.78 is 0. The van der Waals surface area contributed by atoms with Crippen molar-refractivity contribution in [2.75, 3.05) is 10.6 Å². The van der Waals surface area contributed by atoms with Crippen LogP contribution in [0.2, 0.25) is 5.02 Å². The lowest BCUT2D eigenvalue weighted by Gasteiger charge is -2.29. The second-order valence-corrected chi connectivity index (χ2v) is 14.6. The zero-order chi connectivity index (χ0) is 40.3. The largest absolute Gasteiger partial charge is 0.398 e. The number of pyridine rings is 3. The number of anilines is 4. The molecule has 0 spiro atoms. The number of hydrogen-bond acceptors (Lipinski definition) is 5. The number of aromatic nitrogens is 3. The van der Waals surface area contributed by atoms with Crippen molar-refractivity contribution in [1.29, 1.82) is 0 Å². The van der Waals surface area contributed by atoms with Crippen molar-refractivity contribution in [1.82, 2.24) is 15.0 Å². The molecule has 0 saturated carbocycles. The van der Waals surface area contributed by atoms with Crippen LogP contribution in [0.15, 0.2) is 170 Å². The minimum atomic E-state index is 0.739. The fraction of sp³-hybridized carbons (Fsp3) is 0.118. The van der Waals surface area contributed by atoms with E-state index >= 15 is 0 Å². The van der Waals surface area contributed by atoms with E-state index in [1.807, 2.05) is 105 Å². The molecule has 284 valence electrons. The quantitative estimate of drug-likeness (QED) is 0.171. The summed E-state index contributed by atoms with van der Waals surface area (Å²) in [6.07, 6.45) is 5.45. The topological polar surface area (TPSA) is 67.9 Å². The number of nitrogens with two attached hydrogens (primary N) is 1. The van der Waals surface area contributed by atoms with E-state index in [0.717, 1.165) is 55.9 Å². The van der Waals surface area contributed by atoms with Crippen molar-refractivity contribution < 1.29 is 0 Å². The van der Waals surface area contributed by atoms with Crippen LogP contribution in [-0.2, 0) is 0 Å². The maximum Gasteiger partial charge on any atom is 0.0702 e. The monoisotopic (exact) mass is 765 g/mol. The highest BCUT2D eigenvalue weighted by molar-refractivity contribution is 6.30. The third kappa shape index (κ3) is 10.4. The Bertz CT molecular complexity index is 2430. The van der Waals surface area contributed by atoms with E-state index in [0.29, 0.717) is 0 Å². The molecular formula is C51H48ClN5. The smallest absolute Gasteiger partial charge is 0.0702 e. The van der Waals surface area contributed by atoms with Crippen molar-refractivity contribution in [2.24, 2.45) is 0 Å². The number of aryl methyl sites for hydroxylation is 6. The average molecular weight is 766 g/mol. The molecule has 0 amide bonds. The standard InChI is InChI=1S/C31H27N3.C11H8ClN.C9H13N/c1-22-18-23(2)31(24(3)19-22)34(27-12-8-10-25(20-27)29-14-4-6-16-32-29)28-13-9-11-26(21-28)30-15-5-7-17-33-30;12-10-5-3-4-9(8-10)11-6-1-2-7-13-11;1-6-4-7(2)9(10)8(3)5-6/h4-21H,1-3H3;1-8H;4-5H,10H2,1-3H3. The summed E-state index contributed by atoms with van der Waals surface area (Å²) >= 11 is 5.87. The molecule has 5 aromatic carbocycles. The van der Waals surface area contributed by atoms with Gasteiger partial charge in [0.2, 0.25) is 0 Å². The molecule has 3 heterocycles. The Hall–Kier alpha value is -6.56. The van der Waals surface area contributed by atoms with Gasteiger partial charge in [-0.2, -0.15) is 0 Å². The Morgan fingerprint density at radius 1 is 0.421 bits per heavy atom. The van der Waals surface area contributed by atoms with Crippen molar-refractivity contribution >= 4 is 34.4 Å². The Balaban J connectivity index is 0.000000193. The maximum absolute atomic E-state index is 5.87. The van der Waals surface area contributed by atoms with Crippen LogP contribution < -0.4 is 10.6 Å². The van der Waals surface area contributed by atoms with Gasteiger partial charge in [0.25, 0.3) is 0 Å². The first kappa shape index (κ1) is 40.1. The molecule has 0 bridgehead atoms. The van der Waals surface area contributed by atoms with Gasteiger partial charge in [-0.1, -0.05) is 102 Å². The van der Waals surface area contributed by atoms with Crippen LogP contribution in [-0.4, -0.2) is 15.0 Å².